The molecule has 25 heavy (non-hydrogen) atoms. The van der Waals surface area contributed by atoms with Gasteiger partial charge in [-0.1, -0.05) is 0 Å². The number of ether oxygens (including phenoxy) is 2. The van der Waals surface area contributed by atoms with Crippen molar-refractivity contribution in [2.45, 2.75) is 0 Å². The van der Waals surface area contributed by atoms with Gasteiger partial charge in [0.2, 0.25) is 0 Å². The molecule has 0 saturated heterocycles. The minimum absolute atomic E-state index is 0.190. The van der Waals surface area contributed by atoms with Gasteiger partial charge >= 0.3 is 11.9 Å². The molecule has 7 heteroatoms. The first-order valence-corrected chi connectivity index (χ1v) is 7.88. The Kier molecular flexibility index (Phi) is 4.85. The monoisotopic (exact) mass is 360 g/mol. The van der Waals surface area contributed by atoms with Crippen molar-refractivity contribution >= 4 is 23.3 Å². The second-order valence-corrected chi connectivity index (χ2v) is 5.93. The van der Waals surface area contributed by atoms with Crippen LogP contribution in [0.1, 0.15) is 19.3 Å². The fourth-order valence-corrected chi connectivity index (χ4v) is 2.64. The molecule has 2 aromatic carbocycles. The van der Waals surface area contributed by atoms with Crippen molar-refractivity contribution in [3.8, 4) is 11.5 Å². The summed E-state index contributed by atoms with van der Waals surface area (Å²) < 4.78 is 35.8. The number of hydrogen-bond acceptors (Lipinski definition) is 5. The van der Waals surface area contributed by atoms with Crippen LogP contribution in [0.25, 0.3) is 0 Å². The predicted octanol–water partition coefficient (Wildman–Crippen LogP) is 4.46. The van der Waals surface area contributed by atoms with Crippen molar-refractivity contribution in [2.75, 3.05) is 0 Å². The van der Waals surface area contributed by atoms with Gasteiger partial charge in [-0.25, -0.2) is 18.4 Å². The van der Waals surface area contributed by atoms with Crippen molar-refractivity contribution in [3.05, 3.63) is 82.1 Å². The van der Waals surface area contributed by atoms with Gasteiger partial charge in [-0.05, 0) is 60.7 Å². The van der Waals surface area contributed by atoms with Gasteiger partial charge in [-0.15, -0.1) is 11.3 Å². The normalized spacial score (nSPS) is 10.3. The maximum Gasteiger partial charge on any atom is 0.353 e. The molecule has 0 saturated carbocycles. The maximum absolute atomic E-state index is 12.8. The molecule has 0 unspecified atom stereocenters. The SMILES string of the molecule is O=C(Oc1ccc(F)cc1)c1ccc(C(=O)Oc2ccc(F)cc2)s1. The largest absolute Gasteiger partial charge is 0.422 e. The standard InChI is InChI=1S/C18H10F2O4S/c19-11-1-5-13(6-2-11)23-17(21)15-9-10-16(25-15)18(22)24-14-7-3-12(20)4-8-14/h1-10H. The third-order valence-corrected chi connectivity index (χ3v) is 4.10. The van der Waals surface area contributed by atoms with E-state index in [4.69, 9.17) is 9.47 Å². The van der Waals surface area contributed by atoms with Crippen LogP contribution >= 0.6 is 11.3 Å². The number of carbonyl (C=O) groups is 2. The summed E-state index contributed by atoms with van der Waals surface area (Å²) in [5.74, 6) is -1.84. The lowest BCUT2D eigenvalue weighted by Crippen LogP contribution is -2.07. The van der Waals surface area contributed by atoms with Gasteiger partial charge in [0.15, 0.2) is 0 Å². The molecule has 0 aliphatic rings. The van der Waals surface area contributed by atoms with E-state index in [0.29, 0.717) is 0 Å². The topological polar surface area (TPSA) is 52.6 Å². The quantitative estimate of drug-likeness (QED) is 0.509. The first kappa shape index (κ1) is 16.8. The summed E-state index contributed by atoms with van der Waals surface area (Å²) >= 11 is 0.897. The van der Waals surface area contributed by atoms with E-state index in [-0.39, 0.29) is 21.3 Å². The molecule has 0 N–H and O–H groups in total. The summed E-state index contributed by atoms with van der Waals surface area (Å²) in [4.78, 5) is 24.4. The van der Waals surface area contributed by atoms with Gasteiger partial charge < -0.3 is 9.47 Å². The highest BCUT2D eigenvalue weighted by molar-refractivity contribution is 7.15. The van der Waals surface area contributed by atoms with Crippen molar-refractivity contribution < 1.29 is 27.8 Å². The summed E-state index contributed by atoms with van der Waals surface area (Å²) in [5, 5.41) is 0. The van der Waals surface area contributed by atoms with Crippen LogP contribution < -0.4 is 9.47 Å². The molecular formula is C18H10F2O4S. The molecule has 4 nitrogen and oxygen atoms in total. The maximum atomic E-state index is 12.8. The number of halogens is 2. The van der Waals surface area contributed by atoms with Crippen LogP contribution in [0.4, 0.5) is 8.78 Å². The smallest absolute Gasteiger partial charge is 0.353 e. The Hall–Kier alpha value is -3.06. The molecule has 0 radical (unpaired) electrons. The molecule has 126 valence electrons. The van der Waals surface area contributed by atoms with E-state index in [1.54, 1.807) is 0 Å². The van der Waals surface area contributed by atoms with Crippen LogP contribution in [-0.2, 0) is 0 Å². The second-order valence-electron chi connectivity index (χ2n) is 4.85. The van der Waals surface area contributed by atoms with Gasteiger partial charge in [-0.3, -0.25) is 0 Å². The summed E-state index contributed by atoms with van der Waals surface area (Å²) in [7, 11) is 0. The van der Waals surface area contributed by atoms with E-state index in [2.05, 4.69) is 0 Å². The number of hydrogen-bond donors (Lipinski definition) is 0. The van der Waals surface area contributed by atoms with Crippen LogP contribution in [0.3, 0.4) is 0 Å². The number of thiophene rings is 1. The molecule has 0 atom stereocenters. The Morgan fingerprint density at radius 1 is 0.640 bits per heavy atom. The Labute approximate surface area is 145 Å². The molecule has 0 amide bonds. The van der Waals surface area contributed by atoms with E-state index in [0.717, 1.165) is 11.3 Å². The van der Waals surface area contributed by atoms with E-state index >= 15 is 0 Å². The van der Waals surface area contributed by atoms with Crippen LogP contribution in [0.5, 0.6) is 11.5 Å². The van der Waals surface area contributed by atoms with E-state index in [9.17, 15) is 18.4 Å². The zero-order valence-corrected chi connectivity index (χ0v) is 13.4. The Bertz CT molecular complexity index is 828. The lowest BCUT2D eigenvalue weighted by Gasteiger charge is -2.02. The fourth-order valence-electron chi connectivity index (χ4n) is 1.88. The molecule has 0 aliphatic carbocycles. The molecule has 1 aromatic heterocycles. The minimum atomic E-state index is -0.669. The van der Waals surface area contributed by atoms with Crippen molar-refractivity contribution in [1.29, 1.82) is 0 Å². The zero-order valence-electron chi connectivity index (χ0n) is 12.6. The molecule has 0 spiro atoms. The first-order valence-electron chi connectivity index (χ1n) is 7.06. The Balaban J connectivity index is 1.66. The molecular weight excluding hydrogens is 350 g/mol. The Morgan fingerprint density at radius 3 is 1.36 bits per heavy atom. The summed E-state index contributed by atoms with van der Waals surface area (Å²) in [6.07, 6.45) is 0. The van der Waals surface area contributed by atoms with Gasteiger partial charge in [0.1, 0.15) is 32.9 Å². The molecule has 1 heterocycles. The number of rotatable bonds is 4. The van der Waals surface area contributed by atoms with Crippen LogP contribution in [0.15, 0.2) is 60.7 Å². The van der Waals surface area contributed by atoms with Gasteiger partial charge in [0.25, 0.3) is 0 Å². The first-order chi connectivity index (χ1) is 12.0. The van der Waals surface area contributed by atoms with Crippen molar-refractivity contribution in [3.63, 3.8) is 0 Å². The van der Waals surface area contributed by atoms with Crippen LogP contribution in [-0.4, -0.2) is 11.9 Å². The minimum Gasteiger partial charge on any atom is -0.422 e. The third kappa shape index (κ3) is 4.27. The zero-order chi connectivity index (χ0) is 17.8. The van der Waals surface area contributed by atoms with Gasteiger partial charge in [0, 0.05) is 0 Å². The molecule has 0 bridgehead atoms. The highest BCUT2D eigenvalue weighted by Crippen LogP contribution is 2.22. The van der Waals surface area contributed by atoms with Crippen LogP contribution in [0, 0.1) is 11.6 Å². The lowest BCUT2D eigenvalue weighted by atomic mass is 10.3. The predicted molar refractivity (Wildman–Crippen MR) is 87.0 cm³/mol. The average molecular weight is 360 g/mol. The molecule has 3 rings (SSSR count). The van der Waals surface area contributed by atoms with Crippen molar-refractivity contribution in [1.82, 2.24) is 0 Å². The highest BCUT2D eigenvalue weighted by Gasteiger charge is 2.17. The molecule has 0 aliphatic heterocycles. The van der Waals surface area contributed by atoms with Gasteiger partial charge in [-0.2, -0.15) is 0 Å². The summed E-state index contributed by atoms with van der Waals surface area (Å²) in [6, 6.07) is 12.8. The van der Waals surface area contributed by atoms with E-state index in [1.807, 2.05) is 0 Å². The second kappa shape index (κ2) is 7.23. The average Bonchev–Trinajstić information content (AvgIpc) is 3.09. The number of esters is 2. The molecule has 0 fully saturated rings. The fraction of sp³-hybridized carbons (Fsp3) is 0. The summed E-state index contributed by atoms with van der Waals surface area (Å²) in [5.41, 5.74) is 0. The summed E-state index contributed by atoms with van der Waals surface area (Å²) in [6.45, 7) is 0. The third-order valence-electron chi connectivity index (χ3n) is 3.06. The number of carbonyl (C=O) groups excluding carboxylic acids is 2. The van der Waals surface area contributed by atoms with E-state index in [1.165, 1.54) is 60.7 Å². The van der Waals surface area contributed by atoms with Gasteiger partial charge in [0.05, 0.1) is 0 Å². The number of benzene rings is 2. The van der Waals surface area contributed by atoms with Crippen LogP contribution in [0.2, 0.25) is 0 Å². The highest BCUT2D eigenvalue weighted by atomic mass is 32.1. The lowest BCUT2D eigenvalue weighted by molar-refractivity contribution is 0.0732. The Morgan fingerprint density at radius 2 is 1.00 bits per heavy atom. The van der Waals surface area contributed by atoms with Crippen molar-refractivity contribution in [2.24, 2.45) is 0 Å². The van der Waals surface area contributed by atoms with E-state index < -0.39 is 23.6 Å². The molecule has 3 aromatic rings.